The Morgan fingerprint density at radius 1 is 1.35 bits per heavy atom. The Morgan fingerprint density at radius 3 is 2.41 bits per heavy atom. The molecule has 6 heteroatoms. The number of hydrogen-bond acceptors (Lipinski definition) is 4. The highest BCUT2D eigenvalue weighted by molar-refractivity contribution is 7.93. The van der Waals surface area contributed by atoms with Gasteiger partial charge in [-0.05, 0) is 38.1 Å². The van der Waals surface area contributed by atoms with Crippen LogP contribution in [0.4, 0.5) is 5.69 Å². The van der Waals surface area contributed by atoms with Crippen LogP contribution in [0.2, 0.25) is 0 Å². The minimum Gasteiger partial charge on any atom is -0.479 e. The van der Waals surface area contributed by atoms with Crippen molar-refractivity contribution in [1.29, 1.82) is 5.26 Å². The first kappa shape index (κ1) is 13.3. The van der Waals surface area contributed by atoms with Gasteiger partial charge in [0, 0.05) is 5.69 Å². The summed E-state index contributed by atoms with van der Waals surface area (Å²) in [6, 6.07) is 8.24. The summed E-state index contributed by atoms with van der Waals surface area (Å²) in [6.45, 7) is 3.18. The molecule has 0 amide bonds. The summed E-state index contributed by atoms with van der Waals surface area (Å²) in [7, 11) is -3.32. The summed E-state index contributed by atoms with van der Waals surface area (Å²) in [5.41, 5.74) is 0.475. The summed E-state index contributed by atoms with van der Waals surface area (Å²) in [6.07, 6.45) is 0. The maximum atomic E-state index is 11.6. The number of sulfonamides is 1. The minimum atomic E-state index is -3.32. The molecule has 1 aromatic carbocycles. The van der Waals surface area contributed by atoms with Gasteiger partial charge in [0.25, 0.3) is 0 Å². The van der Waals surface area contributed by atoms with Gasteiger partial charge in [0.05, 0.1) is 5.25 Å². The molecule has 5 nitrogen and oxygen atoms in total. The summed E-state index contributed by atoms with van der Waals surface area (Å²) >= 11 is 0. The maximum Gasteiger partial charge on any atom is 0.235 e. The van der Waals surface area contributed by atoms with Crippen LogP contribution in [0.5, 0.6) is 5.75 Å². The third-order valence-electron chi connectivity index (χ3n) is 2.04. The average Bonchev–Trinajstić information content (AvgIpc) is 2.27. The van der Waals surface area contributed by atoms with Crippen molar-refractivity contribution in [1.82, 2.24) is 0 Å². The van der Waals surface area contributed by atoms with Gasteiger partial charge in [-0.25, -0.2) is 8.42 Å². The van der Waals surface area contributed by atoms with E-state index in [4.69, 9.17) is 10.00 Å². The van der Waals surface area contributed by atoms with Crippen molar-refractivity contribution in [3.63, 3.8) is 0 Å². The highest BCUT2D eigenvalue weighted by Crippen LogP contribution is 2.17. The smallest absolute Gasteiger partial charge is 0.235 e. The number of nitriles is 1. The molecule has 1 rings (SSSR count). The van der Waals surface area contributed by atoms with Gasteiger partial charge in [0.15, 0.2) is 6.61 Å². The second-order valence-electron chi connectivity index (χ2n) is 3.67. The molecule has 0 bridgehead atoms. The number of hydrogen-bond donors (Lipinski definition) is 1. The van der Waals surface area contributed by atoms with E-state index in [1.807, 2.05) is 6.07 Å². The predicted molar refractivity (Wildman–Crippen MR) is 65.2 cm³/mol. The van der Waals surface area contributed by atoms with Crippen molar-refractivity contribution in [2.45, 2.75) is 19.1 Å². The molecule has 0 saturated heterocycles. The highest BCUT2D eigenvalue weighted by Gasteiger charge is 2.15. The SMILES string of the molecule is CC(C)S(=O)(=O)Nc1ccc(OCC#N)cc1. The molecule has 0 radical (unpaired) electrons. The highest BCUT2D eigenvalue weighted by atomic mass is 32.2. The molecule has 1 aromatic rings. The van der Waals surface area contributed by atoms with Gasteiger partial charge in [0.2, 0.25) is 10.0 Å². The molecular formula is C11H14N2O3S. The van der Waals surface area contributed by atoms with Gasteiger partial charge in [-0.2, -0.15) is 5.26 Å². The van der Waals surface area contributed by atoms with Crippen molar-refractivity contribution in [3.05, 3.63) is 24.3 Å². The Kier molecular flexibility index (Phi) is 4.35. The predicted octanol–water partition coefficient (Wildman–Crippen LogP) is 1.74. The zero-order valence-electron chi connectivity index (χ0n) is 9.67. The topological polar surface area (TPSA) is 79.2 Å². The Balaban J connectivity index is 2.73. The fraction of sp³-hybridized carbons (Fsp3) is 0.364. The normalized spacial score (nSPS) is 10.9. The molecule has 0 aliphatic heterocycles. The van der Waals surface area contributed by atoms with E-state index in [0.29, 0.717) is 11.4 Å². The van der Waals surface area contributed by atoms with E-state index in [2.05, 4.69) is 4.72 Å². The van der Waals surface area contributed by atoms with Crippen molar-refractivity contribution >= 4 is 15.7 Å². The van der Waals surface area contributed by atoms with Gasteiger partial charge in [0.1, 0.15) is 11.8 Å². The number of nitrogens with zero attached hydrogens (tertiary/aromatic N) is 1. The lowest BCUT2D eigenvalue weighted by Crippen LogP contribution is -2.22. The lowest BCUT2D eigenvalue weighted by molar-refractivity contribution is 0.368. The molecule has 0 unspecified atom stereocenters. The van der Waals surface area contributed by atoms with Crippen molar-refractivity contribution < 1.29 is 13.2 Å². The van der Waals surface area contributed by atoms with E-state index >= 15 is 0 Å². The zero-order chi connectivity index (χ0) is 12.9. The van der Waals surface area contributed by atoms with Crippen LogP contribution in [0.3, 0.4) is 0 Å². The maximum absolute atomic E-state index is 11.6. The first-order chi connectivity index (χ1) is 7.95. The van der Waals surface area contributed by atoms with Crippen LogP contribution in [0, 0.1) is 11.3 Å². The van der Waals surface area contributed by atoms with Crippen LogP contribution in [-0.4, -0.2) is 20.3 Å². The molecule has 0 atom stereocenters. The van der Waals surface area contributed by atoms with E-state index in [-0.39, 0.29) is 6.61 Å². The molecule has 0 saturated carbocycles. The third kappa shape index (κ3) is 3.96. The number of nitrogens with one attached hydrogen (secondary N) is 1. The van der Waals surface area contributed by atoms with Crippen molar-refractivity contribution in [3.8, 4) is 11.8 Å². The van der Waals surface area contributed by atoms with E-state index < -0.39 is 15.3 Å². The first-order valence-electron chi connectivity index (χ1n) is 5.07. The molecule has 0 heterocycles. The number of anilines is 1. The van der Waals surface area contributed by atoms with Crippen LogP contribution < -0.4 is 9.46 Å². The summed E-state index contributed by atoms with van der Waals surface area (Å²) in [5.74, 6) is 0.527. The summed E-state index contributed by atoms with van der Waals surface area (Å²) in [4.78, 5) is 0. The van der Waals surface area contributed by atoms with Crippen LogP contribution >= 0.6 is 0 Å². The quantitative estimate of drug-likeness (QED) is 0.868. The molecule has 92 valence electrons. The van der Waals surface area contributed by atoms with E-state index in [0.717, 1.165) is 0 Å². The van der Waals surface area contributed by atoms with E-state index in [1.165, 1.54) is 0 Å². The van der Waals surface area contributed by atoms with Gasteiger partial charge >= 0.3 is 0 Å². The monoisotopic (exact) mass is 254 g/mol. The minimum absolute atomic E-state index is 0.0307. The Labute approximate surface area is 101 Å². The van der Waals surface area contributed by atoms with Crippen molar-refractivity contribution in [2.24, 2.45) is 0 Å². The molecule has 0 aliphatic carbocycles. The van der Waals surface area contributed by atoms with Gasteiger partial charge in [-0.3, -0.25) is 4.72 Å². The lowest BCUT2D eigenvalue weighted by Gasteiger charge is -2.11. The van der Waals surface area contributed by atoms with Crippen LogP contribution in [0.1, 0.15) is 13.8 Å². The van der Waals surface area contributed by atoms with Gasteiger partial charge in [-0.15, -0.1) is 0 Å². The third-order valence-corrected chi connectivity index (χ3v) is 3.80. The zero-order valence-corrected chi connectivity index (χ0v) is 10.5. The first-order valence-corrected chi connectivity index (χ1v) is 6.62. The molecule has 0 spiro atoms. The van der Waals surface area contributed by atoms with Crippen molar-refractivity contribution in [2.75, 3.05) is 11.3 Å². The number of benzene rings is 1. The fourth-order valence-corrected chi connectivity index (χ4v) is 1.72. The lowest BCUT2D eigenvalue weighted by atomic mass is 10.3. The molecule has 0 fully saturated rings. The Morgan fingerprint density at radius 2 is 1.94 bits per heavy atom. The van der Waals surface area contributed by atoms with Gasteiger partial charge in [-0.1, -0.05) is 0 Å². The number of ether oxygens (including phenoxy) is 1. The molecule has 1 N–H and O–H groups in total. The largest absolute Gasteiger partial charge is 0.479 e. The van der Waals surface area contributed by atoms with Crippen LogP contribution in [0.25, 0.3) is 0 Å². The van der Waals surface area contributed by atoms with E-state index in [9.17, 15) is 8.42 Å². The summed E-state index contributed by atoms with van der Waals surface area (Å²) < 4.78 is 30.6. The summed E-state index contributed by atoms with van der Waals surface area (Å²) in [5, 5.41) is 7.84. The molecule has 0 aliphatic rings. The Bertz CT molecular complexity index is 501. The molecule has 0 aromatic heterocycles. The van der Waals surface area contributed by atoms with Crippen LogP contribution in [-0.2, 0) is 10.0 Å². The van der Waals surface area contributed by atoms with E-state index in [1.54, 1.807) is 38.1 Å². The molecule has 17 heavy (non-hydrogen) atoms. The second kappa shape index (κ2) is 5.55. The second-order valence-corrected chi connectivity index (χ2v) is 5.90. The number of rotatable bonds is 5. The van der Waals surface area contributed by atoms with Crippen LogP contribution in [0.15, 0.2) is 24.3 Å². The standard InChI is InChI=1S/C11H14N2O3S/c1-9(2)17(14,15)13-10-3-5-11(6-4-10)16-8-7-12/h3-6,9,13H,8H2,1-2H3. The van der Waals surface area contributed by atoms with Gasteiger partial charge < -0.3 is 4.74 Å². The Hall–Kier alpha value is -1.74. The fourth-order valence-electron chi connectivity index (χ4n) is 1.02. The average molecular weight is 254 g/mol. The molecular weight excluding hydrogens is 240 g/mol.